The van der Waals surface area contributed by atoms with Crippen LogP contribution in [0.5, 0.6) is 11.5 Å². The summed E-state index contributed by atoms with van der Waals surface area (Å²) in [6, 6.07) is 5.07. The van der Waals surface area contributed by atoms with Crippen LogP contribution >= 0.6 is 0 Å². The molecule has 0 saturated heterocycles. The second-order valence-corrected chi connectivity index (χ2v) is 4.59. The molecule has 0 aliphatic carbocycles. The van der Waals surface area contributed by atoms with Crippen LogP contribution < -0.4 is 25.4 Å². The van der Waals surface area contributed by atoms with E-state index in [2.05, 4.69) is 20.7 Å². The zero-order chi connectivity index (χ0) is 16.8. The number of aryl methyl sites for hydroxylation is 1. The summed E-state index contributed by atoms with van der Waals surface area (Å²) < 4.78 is 11.6. The molecule has 9 heteroatoms. The number of nitrogen functional groups attached to an aromatic ring is 1. The molecule has 1 aromatic heterocycles. The van der Waals surface area contributed by atoms with Crippen LogP contribution in [0.15, 0.2) is 23.3 Å². The average molecular weight is 319 g/mol. The van der Waals surface area contributed by atoms with Crippen LogP contribution in [0.3, 0.4) is 0 Å². The molecule has 0 spiro atoms. The molecule has 1 heterocycles. The van der Waals surface area contributed by atoms with Crippen LogP contribution in [-0.2, 0) is 11.2 Å². The molecule has 122 valence electrons. The Kier molecular flexibility index (Phi) is 5.13. The number of rotatable bonds is 6. The molecule has 0 radical (unpaired) electrons. The van der Waals surface area contributed by atoms with E-state index in [-0.39, 0.29) is 0 Å². The highest BCUT2D eigenvalue weighted by Gasteiger charge is 2.14. The van der Waals surface area contributed by atoms with Crippen molar-refractivity contribution in [3.63, 3.8) is 0 Å². The molecule has 0 amide bonds. The summed E-state index contributed by atoms with van der Waals surface area (Å²) in [4.78, 5) is 11.0. The van der Waals surface area contributed by atoms with Gasteiger partial charge in [0.2, 0.25) is 5.82 Å². The predicted octanol–water partition coefficient (Wildman–Crippen LogP) is 0.353. The van der Waals surface area contributed by atoms with Crippen LogP contribution in [0, 0.1) is 0 Å². The summed E-state index contributed by atoms with van der Waals surface area (Å²) >= 11 is 0. The number of carbonyl (C=O) groups is 1. The van der Waals surface area contributed by atoms with Crippen molar-refractivity contribution in [2.75, 3.05) is 18.4 Å². The van der Waals surface area contributed by atoms with Gasteiger partial charge < -0.3 is 9.47 Å². The van der Waals surface area contributed by atoms with Gasteiger partial charge in [-0.25, -0.2) is 0 Å². The summed E-state index contributed by atoms with van der Waals surface area (Å²) in [5.74, 6) is 7.36. The first-order valence-corrected chi connectivity index (χ1v) is 6.95. The van der Waals surface area contributed by atoms with Crippen molar-refractivity contribution in [1.29, 1.82) is 0 Å². The third-order valence-corrected chi connectivity index (χ3v) is 2.96. The molecule has 4 N–H and O–H groups in total. The van der Waals surface area contributed by atoms with Crippen LogP contribution in [0.25, 0.3) is 0 Å². The number of hydrogen-bond donors (Lipinski definition) is 3. The number of benzene rings is 1. The molecular weight excluding hydrogens is 300 g/mol. The second kappa shape index (κ2) is 7.25. The smallest absolute Gasteiger partial charge is 0.421 e. The highest BCUT2D eigenvalue weighted by Crippen LogP contribution is 2.27. The highest BCUT2D eigenvalue weighted by molar-refractivity contribution is 5.81. The molecule has 0 saturated carbocycles. The van der Waals surface area contributed by atoms with Gasteiger partial charge in [-0.1, -0.05) is 6.92 Å². The molecule has 2 rings (SSSR count). The van der Waals surface area contributed by atoms with Crippen molar-refractivity contribution >= 4 is 18.1 Å². The third kappa shape index (κ3) is 3.96. The topological polar surface area (TPSA) is 118 Å². The lowest BCUT2D eigenvalue weighted by Gasteiger charge is -2.08. The Morgan fingerprint density at radius 2 is 2.30 bits per heavy atom. The molecule has 23 heavy (non-hydrogen) atoms. The number of methoxy groups -OCH3 is 1. The largest absolute Gasteiger partial charge is 0.493 e. The number of esters is 1. The van der Waals surface area contributed by atoms with E-state index in [9.17, 15) is 4.79 Å². The SMILES string of the molecule is CCc1[nH]nc(N/N=C/c2ccc(OC(C)=O)c(OC)c2)[n+]1N. The fourth-order valence-electron chi connectivity index (χ4n) is 1.85. The minimum atomic E-state index is -0.413. The Morgan fingerprint density at radius 1 is 1.52 bits per heavy atom. The normalized spacial score (nSPS) is 10.7. The molecular formula is C14H19N6O3+. The molecule has 0 fully saturated rings. The van der Waals surface area contributed by atoms with Gasteiger partial charge in [-0.05, 0) is 23.8 Å². The number of aromatic nitrogens is 3. The lowest BCUT2D eigenvalue weighted by molar-refractivity contribution is -0.632. The Hall–Kier alpha value is -3.10. The number of hydrazone groups is 1. The Morgan fingerprint density at radius 3 is 2.91 bits per heavy atom. The first kappa shape index (κ1) is 16.3. The minimum absolute atomic E-state index is 0.352. The number of nitrogens with zero attached hydrogens (tertiary/aromatic N) is 3. The number of nitrogens with two attached hydrogens (primary N) is 1. The van der Waals surface area contributed by atoms with Crippen molar-refractivity contribution in [3.8, 4) is 11.5 Å². The summed E-state index contributed by atoms with van der Waals surface area (Å²) in [5.41, 5.74) is 3.49. The summed E-state index contributed by atoms with van der Waals surface area (Å²) in [6.45, 7) is 3.29. The third-order valence-electron chi connectivity index (χ3n) is 2.96. The molecule has 2 aromatic rings. The van der Waals surface area contributed by atoms with Gasteiger partial charge in [-0.15, -0.1) is 9.78 Å². The summed E-state index contributed by atoms with van der Waals surface area (Å²) in [7, 11) is 1.49. The van der Waals surface area contributed by atoms with E-state index >= 15 is 0 Å². The predicted molar refractivity (Wildman–Crippen MR) is 83.8 cm³/mol. The number of anilines is 1. The van der Waals surface area contributed by atoms with Crippen LogP contribution in [0.4, 0.5) is 5.95 Å². The van der Waals surface area contributed by atoms with E-state index < -0.39 is 5.97 Å². The zero-order valence-corrected chi connectivity index (χ0v) is 13.2. The van der Waals surface area contributed by atoms with Crippen molar-refractivity contribution in [1.82, 2.24) is 10.2 Å². The van der Waals surface area contributed by atoms with E-state index in [0.29, 0.717) is 17.4 Å². The average Bonchev–Trinajstić information content (AvgIpc) is 2.88. The maximum absolute atomic E-state index is 11.0. The molecule has 1 aromatic carbocycles. The van der Waals surface area contributed by atoms with Crippen LogP contribution in [0.1, 0.15) is 25.2 Å². The van der Waals surface area contributed by atoms with Gasteiger partial charge in [0.15, 0.2) is 11.5 Å². The zero-order valence-electron chi connectivity index (χ0n) is 13.2. The van der Waals surface area contributed by atoms with E-state index in [4.69, 9.17) is 15.3 Å². The molecule has 0 aliphatic rings. The molecule has 0 unspecified atom stereocenters. The Labute approximate surface area is 133 Å². The standard InChI is InChI=1S/C14H18N6O3/c1-4-13-17-19-14(20(13)15)18-16-8-10-5-6-11(23-9(2)21)12(7-10)22-3/h5-8H,4,15H2,1-3H3,(H,18,19)/p+1/b16-8+. The van der Waals surface area contributed by atoms with Gasteiger partial charge in [0.05, 0.1) is 13.3 Å². The summed E-state index contributed by atoms with van der Waals surface area (Å²) in [5, 5.41) is 10.9. The van der Waals surface area contributed by atoms with E-state index in [1.807, 2.05) is 6.92 Å². The first-order valence-electron chi connectivity index (χ1n) is 6.95. The molecule has 0 aliphatic heterocycles. The maximum atomic E-state index is 11.0. The van der Waals surface area contributed by atoms with E-state index in [1.165, 1.54) is 18.7 Å². The van der Waals surface area contributed by atoms with Gasteiger partial charge in [0.1, 0.15) is 0 Å². The van der Waals surface area contributed by atoms with Crippen LogP contribution in [-0.4, -0.2) is 29.5 Å². The fourth-order valence-corrected chi connectivity index (χ4v) is 1.85. The number of carbonyl (C=O) groups excluding carboxylic acids is 1. The van der Waals surface area contributed by atoms with Gasteiger partial charge >= 0.3 is 11.9 Å². The lowest BCUT2D eigenvalue weighted by atomic mass is 10.2. The highest BCUT2D eigenvalue weighted by atomic mass is 16.6. The quantitative estimate of drug-likeness (QED) is 0.177. The van der Waals surface area contributed by atoms with Gasteiger partial charge in [0.25, 0.3) is 0 Å². The molecule has 0 bridgehead atoms. The Bertz CT molecular complexity index is 725. The molecule has 0 atom stereocenters. The number of ether oxygens (including phenoxy) is 2. The van der Waals surface area contributed by atoms with Gasteiger partial charge in [-0.2, -0.15) is 10.5 Å². The van der Waals surface area contributed by atoms with Gasteiger partial charge in [0, 0.05) is 18.4 Å². The van der Waals surface area contributed by atoms with Crippen molar-refractivity contribution in [2.45, 2.75) is 20.3 Å². The minimum Gasteiger partial charge on any atom is -0.493 e. The fraction of sp³-hybridized carbons (Fsp3) is 0.286. The van der Waals surface area contributed by atoms with Crippen molar-refractivity contribution in [2.24, 2.45) is 5.10 Å². The van der Waals surface area contributed by atoms with Gasteiger partial charge in [-0.3, -0.25) is 10.6 Å². The first-order chi connectivity index (χ1) is 11.0. The van der Waals surface area contributed by atoms with Crippen molar-refractivity contribution in [3.05, 3.63) is 29.6 Å². The van der Waals surface area contributed by atoms with Crippen molar-refractivity contribution < 1.29 is 18.9 Å². The van der Waals surface area contributed by atoms with E-state index in [1.54, 1.807) is 24.4 Å². The Balaban J connectivity index is 2.10. The maximum Gasteiger partial charge on any atom is 0.421 e. The second-order valence-electron chi connectivity index (χ2n) is 4.59. The lowest BCUT2D eigenvalue weighted by Crippen LogP contribution is -2.48. The summed E-state index contributed by atoms with van der Waals surface area (Å²) in [6.07, 6.45) is 2.30. The molecule has 9 nitrogen and oxygen atoms in total. The number of hydrogen-bond acceptors (Lipinski definition) is 7. The number of nitrogens with one attached hydrogen (secondary N) is 2. The number of aromatic amines is 1. The van der Waals surface area contributed by atoms with E-state index in [0.717, 1.165) is 17.8 Å². The number of H-pyrrole nitrogens is 1. The van der Waals surface area contributed by atoms with Crippen LogP contribution in [0.2, 0.25) is 0 Å². The monoisotopic (exact) mass is 319 g/mol.